The normalized spacial score (nSPS) is 18.3. The van der Waals surface area contributed by atoms with Gasteiger partial charge in [-0.15, -0.1) is 0 Å². The van der Waals surface area contributed by atoms with Crippen LogP contribution in [-0.2, 0) is 11.2 Å². The van der Waals surface area contributed by atoms with E-state index in [1.165, 1.54) is 0 Å². The molecule has 2 rings (SSSR count). The Morgan fingerprint density at radius 3 is 2.43 bits per heavy atom. The number of nitrogens with zero attached hydrogens (tertiary/aromatic N) is 1. The molecule has 4 nitrogen and oxygen atoms in total. The van der Waals surface area contributed by atoms with Crippen molar-refractivity contribution in [1.29, 1.82) is 0 Å². The minimum Gasteiger partial charge on any atom is -0.383 e. The largest absolute Gasteiger partial charge is 0.383 e. The van der Waals surface area contributed by atoms with Crippen molar-refractivity contribution in [1.82, 2.24) is 10.2 Å². The summed E-state index contributed by atoms with van der Waals surface area (Å²) < 4.78 is 28.1. The van der Waals surface area contributed by atoms with Crippen molar-refractivity contribution in [2.45, 2.75) is 43.2 Å². The fourth-order valence-electron chi connectivity index (χ4n) is 2.68. The van der Waals surface area contributed by atoms with Gasteiger partial charge >= 0.3 is 5.92 Å². The number of amides is 1. The van der Waals surface area contributed by atoms with Crippen molar-refractivity contribution in [2.24, 2.45) is 0 Å². The van der Waals surface area contributed by atoms with Crippen LogP contribution in [0.4, 0.5) is 8.78 Å². The van der Waals surface area contributed by atoms with E-state index in [9.17, 15) is 18.7 Å². The van der Waals surface area contributed by atoms with E-state index in [0.717, 1.165) is 5.56 Å². The molecule has 2 N–H and O–H groups in total. The van der Waals surface area contributed by atoms with Crippen LogP contribution in [-0.4, -0.2) is 54.1 Å². The van der Waals surface area contributed by atoms with Crippen molar-refractivity contribution in [2.75, 3.05) is 20.6 Å². The molecule has 0 aromatic heterocycles. The molecule has 1 unspecified atom stereocenters. The van der Waals surface area contributed by atoms with Crippen molar-refractivity contribution in [3.8, 4) is 0 Å². The molecule has 0 radical (unpaired) electrons. The third kappa shape index (κ3) is 3.87. The molecule has 0 bridgehead atoms. The molecule has 1 amide bonds. The van der Waals surface area contributed by atoms with Gasteiger partial charge in [0, 0.05) is 12.6 Å². The molecule has 1 aromatic rings. The highest BCUT2D eigenvalue weighted by atomic mass is 19.3. The average molecular weight is 326 g/mol. The summed E-state index contributed by atoms with van der Waals surface area (Å²) in [4.78, 5) is 13.7. The van der Waals surface area contributed by atoms with Gasteiger partial charge in [-0.2, -0.15) is 8.78 Å². The number of carbonyl (C=O) groups is 1. The maximum absolute atomic E-state index is 14.0. The smallest absolute Gasteiger partial charge is 0.352 e. The lowest BCUT2D eigenvalue weighted by molar-refractivity contribution is -0.216. The minimum absolute atomic E-state index is 0.0332. The average Bonchev–Trinajstić information content (AvgIpc) is 2.49. The van der Waals surface area contributed by atoms with E-state index in [-0.39, 0.29) is 25.4 Å². The predicted molar refractivity (Wildman–Crippen MR) is 84.4 cm³/mol. The van der Waals surface area contributed by atoms with Crippen LogP contribution in [0.2, 0.25) is 0 Å². The number of alkyl halides is 2. The summed E-state index contributed by atoms with van der Waals surface area (Å²) in [5.41, 5.74) is -1.10. The van der Waals surface area contributed by atoms with E-state index in [4.69, 9.17) is 0 Å². The second-order valence-electron chi connectivity index (χ2n) is 6.48. The summed E-state index contributed by atoms with van der Waals surface area (Å²) in [6.07, 6.45) is 1.10. The lowest BCUT2D eigenvalue weighted by atomic mass is 9.75. The van der Waals surface area contributed by atoms with Gasteiger partial charge in [-0.05, 0) is 45.3 Å². The van der Waals surface area contributed by atoms with Gasteiger partial charge in [-0.1, -0.05) is 30.3 Å². The van der Waals surface area contributed by atoms with Gasteiger partial charge in [0.1, 0.15) is 5.60 Å². The van der Waals surface area contributed by atoms with Gasteiger partial charge < -0.3 is 15.3 Å². The first-order valence-corrected chi connectivity index (χ1v) is 7.85. The van der Waals surface area contributed by atoms with Crippen LogP contribution in [0.3, 0.4) is 0 Å². The molecule has 1 aromatic carbocycles. The molecule has 1 fully saturated rings. The summed E-state index contributed by atoms with van der Waals surface area (Å²) in [7, 11) is 3.69. The predicted octanol–water partition coefficient (Wildman–Crippen LogP) is 1.83. The highest BCUT2D eigenvalue weighted by Gasteiger charge is 2.61. The first kappa shape index (κ1) is 17.8. The molecule has 6 heteroatoms. The lowest BCUT2D eigenvalue weighted by Gasteiger charge is -2.41. The Kier molecular flexibility index (Phi) is 5.37. The summed E-state index contributed by atoms with van der Waals surface area (Å²) in [6, 6.07) is 9.57. The molecule has 1 aliphatic carbocycles. The third-order valence-corrected chi connectivity index (χ3v) is 4.59. The first-order chi connectivity index (χ1) is 10.8. The lowest BCUT2D eigenvalue weighted by Crippen LogP contribution is -2.61. The molecule has 0 heterocycles. The molecule has 1 saturated carbocycles. The van der Waals surface area contributed by atoms with Gasteiger partial charge in [0.25, 0.3) is 5.91 Å². The van der Waals surface area contributed by atoms with Gasteiger partial charge in [0.15, 0.2) is 0 Å². The van der Waals surface area contributed by atoms with E-state index in [2.05, 4.69) is 5.32 Å². The van der Waals surface area contributed by atoms with E-state index >= 15 is 0 Å². The van der Waals surface area contributed by atoms with Crippen molar-refractivity contribution >= 4 is 5.91 Å². The second-order valence-corrected chi connectivity index (χ2v) is 6.48. The number of aliphatic hydroxyl groups is 1. The Bertz CT molecular complexity index is 531. The first-order valence-electron chi connectivity index (χ1n) is 7.85. The zero-order chi connectivity index (χ0) is 17.1. The number of nitrogens with one attached hydrogen (secondary N) is 1. The molecule has 0 spiro atoms. The number of benzene rings is 1. The Morgan fingerprint density at radius 2 is 1.96 bits per heavy atom. The van der Waals surface area contributed by atoms with Gasteiger partial charge in [-0.25, -0.2) is 0 Å². The maximum Gasteiger partial charge on any atom is 0.352 e. The summed E-state index contributed by atoms with van der Waals surface area (Å²) in [6.45, 7) is 0.104. The topological polar surface area (TPSA) is 52.6 Å². The highest BCUT2D eigenvalue weighted by Crippen LogP contribution is 2.44. The van der Waals surface area contributed by atoms with Crippen molar-refractivity contribution in [3.05, 3.63) is 35.9 Å². The monoisotopic (exact) mass is 326 g/mol. The van der Waals surface area contributed by atoms with Crippen LogP contribution < -0.4 is 5.32 Å². The van der Waals surface area contributed by atoms with Crippen molar-refractivity contribution < 1.29 is 18.7 Å². The van der Waals surface area contributed by atoms with Crippen molar-refractivity contribution in [3.63, 3.8) is 0 Å². The van der Waals surface area contributed by atoms with E-state index in [0.29, 0.717) is 12.8 Å². The van der Waals surface area contributed by atoms with Gasteiger partial charge in [-0.3, -0.25) is 4.79 Å². The van der Waals surface area contributed by atoms with Crippen LogP contribution in [0.1, 0.15) is 24.8 Å². The standard InChI is InChI=1S/C17H24F2N2O2/c1-21(2)14(11-13-7-4-3-5-8-13)12-20-15(22)17(18,19)16(23)9-6-10-16/h3-5,7-8,14,23H,6,9-12H2,1-2H3,(H,20,22). The zero-order valence-corrected chi connectivity index (χ0v) is 13.6. The number of hydrogen-bond acceptors (Lipinski definition) is 3. The second kappa shape index (κ2) is 6.93. The summed E-state index contributed by atoms with van der Waals surface area (Å²) in [5, 5.41) is 12.1. The molecule has 0 saturated heterocycles. The van der Waals surface area contributed by atoms with Crippen LogP contribution in [0.5, 0.6) is 0 Å². The number of hydrogen-bond donors (Lipinski definition) is 2. The molecular weight excluding hydrogens is 302 g/mol. The van der Waals surface area contributed by atoms with Crippen LogP contribution in [0.25, 0.3) is 0 Å². The fraction of sp³-hybridized carbons (Fsp3) is 0.588. The maximum atomic E-state index is 14.0. The zero-order valence-electron chi connectivity index (χ0n) is 13.6. The van der Waals surface area contributed by atoms with E-state index in [1.54, 1.807) is 0 Å². The van der Waals surface area contributed by atoms with Crippen LogP contribution in [0, 0.1) is 0 Å². The molecule has 1 atom stereocenters. The number of likely N-dealkylation sites (N-methyl/N-ethyl adjacent to an activating group) is 1. The van der Waals surface area contributed by atoms with Crippen LogP contribution >= 0.6 is 0 Å². The summed E-state index contributed by atoms with van der Waals surface area (Å²) >= 11 is 0. The third-order valence-electron chi connectivity index (χ3n) is 4.59. The Labute approximate surface area is 135 Å². The fourth-order valence-corrected chi connectivity index (χ4v) is 2.68. The molecule has 1 aliphatic rings. The number of rotatable bonds is 7. The van der Waals surface area contributed by atoms with Gasteiger partial charge in [0.2, 0.25) is 0 Å². The molecule has 23 heavy (non-hydrogen) atoms. The Balaban J connectivity index is 1.94. The van der Waals surface area contributed by atoms with Crippen LogP contribution in [0.15, 0.2) is 30.3 Å². The van der Waals surface area contributed by atoms with E-state index in [1.807, 2.05) is 49.3 Å². The quantitative estimate of drug-likeness (QED) is 0.804. The number of carbonyl (C=O) groups excluding carboxylic acids is 1. The summed E-state index contributed by atoms with van der Waals surface area (Å²) in [5.74, 6) is -5.13. The molecule has 128 valence electrons. The Hall–Kier alpha value is -1.53. The molecular formula is C17H24F2N2O2. The number of halogens is 2. The van der Waals surface area contributed by atoms with Gasteiger partial charge in [0.05, 0.1) is 0 Å². The molecule has 0 aliphatic heterocycles. The SMILES string of the molecule is CN(C)C(CNC(=O)C(F)(F)C1(O)CCC1)Cc1ccccc1. The van der Waals surface area contributed by atoms with E-state index < -0.39 is 17.4 Å². The highest BCUT2D eigenvalue weighted by molar-refractivity contribution is 5.85. The Morgan fingerprint density at radius 1 is 1.35 bits per heavy atom. The minimum atomic E-state index is -3.74.